The van der Waals surface area contributed by atoms with Gasteiger partial charge in [0.15, 0.2) is 0 Å². The number of amides is 1. The molecular weight excluding hydrogens is 436 g/mol. The van der Waals surface area contributed by atoms with Crippen LogP contribution in [0.5, 0.6) is 0 Å². The number of anilines is 1. The lowest BCUT2D eigenvalue weighted by Crippen LogP contribution is -2.30. The van der Waals surface area contributed by atoms with E-state index in [0.29, 0.717) is 5.52 Å². The number of rotatable bonds is 6. The van der Waals surface area contributed by atoms with Crippen LogP contribution < -0.4 is 4.72 Å². The Hall–Kier alpha value is -3.78. The fourth-order valence-corrected chi connectivity index (χ4v) is 4.87. The van der Waals surface area contributed by atoms with Gasteiger partial charge in [0.2, 0.25) is 0 Å². The predicted molar refractivity (Wildman–Crippen MR) is 128 cm³/mol. The van der Waals surface area contributed by atoms with E-state index in [1.165, 1.54) is 18.5 Å². The molecule has 0 spiro atoms. The molecule has 1 heterocycles. The number of aromatic nitrogens is 2. The highest BCUT2D eigenvalue weighted by molar-refractivity contribution is 7.93. The number of carbonyl (C=O) groups is 1. The van der Waals surface area contributed by atoms with E-state index in [1.54, 1.807) is 42.3 Å². The third-order valence-electron chi connectivity index (χ3n) is 5.58. The Balaban J connectivity index is 1.71. The average molecular weight is 461 g/mol. The molecule has 1 aromatic heterocycles. The molecule has 7 nitrogen and oxygen atoms in total. The molecule has 0 bridgehead atoms. The quantitative estimate of drug-likeness (QED) is 0.455. The van der Waals surface area contributed by atoms with Crippen molar-refractivity contribution in [1.29, 1.82) is 0 Å². The number of hydrogen-bond donors (Lipinski definition) is 1. The van der Waals surface area contributed by atoms with Crippen molar-refractivity contribution in [3.8, 4) is 0 Å². The molecule has 1 unspecified atom stereocenters. The Labute approximate surface area is 193 Å². The monoisotopic (exact) mass is 460 g/mol. The first-order chi connectivity index (χ1) is 15.8. The molecule has 8 heteroatoms. The van der Waals surface area contributed by atoms with Gasteiger partial charge in [-0.1, -0.05) is 42.5 Å². The number of hydrogen-bond acceptors (Lipinski definition) is 5. The van der Waals surface area contributed by atoms with Gasteiger partial charge in [-0.15, -0.1) is 0 Å². The minimum atomic E-state index is -4.03. The van der Waals surface area contributed by atoms with E-state index in [2.05, 4.69) is 14.7 Å². The van der Waals surface area contributed by atoms with Gasteiger partial charge >= 0.3 is 0 Å². The van der Waals surface area contributed by atoms with Crippen molar-refractivity contribution in [2.24, 2.45) is 0 Å². The number of para-hydroxylation sites is 1. The Morgan fingerprint density at radius 2 is 1.70 bits per heavy atom. The Morgan fingerprint density at radius 3 is 2.45 bits per heavy atom. The van der Waals surface area contributed by atoms with Crippen molar-refractivity contribution in [1.82, 2.24) is 14.9 Å². The predicted octanol–water partition coefficient (Wildman–Crippen LogP) is 4.57. The third kappa shape index (κ3) is 4.56. The largest absolute Gasteiger partial charge is 0.335 e. The number of fused-ring (bicyclic) bond motifs is 1. The number of aryl methyl sites for hydroxylation is 1. The van der Waals surface area contributed by atoms with Crippen molar-refractivity contribution in [3.05, 3.63) is 95.8 Å². The minimum absolute atomic E-state index is 0.000914. The van der Waals surface area contributed by atoms with Crippen LogP contribution in [-0.2, 0) is 10.0 Å². The zero-order valence-electron chi connectivity index (χ0n) is 18.6. The van der Waals surface area contributed by atoms with Gasteiger partial charge in [-0.3, -0.25) is 19.5 Å². The maximum Gasteiger partial charge on any atom is 0.264 e. The standard InChI is InChI=1S/C25H24N4O3S/c1-17-12-13-20(25(30)29(3)18(2)19-8-5-4-6-9-19)22(16-17)28-33(31,32)23-11-7-10-21-24(23)27-15-14-26-21/h4-16,18,28H,1-3H3. The lowest BCUT2D eigenvalue weighted by atomic mass is 10.0. The summed E-state index contributed by atoms with van der Waals surface area (Å²) in [6.45, 7) is 3.77. The zero-order chi connectivity index (χ0) is 23.6. The highest BCUT2D eigenvalue weighted by Crippen LogP contribution is 2.28. The van der Waals surface area contributed by atoms with Crippen molar-refractivity contribution < 1.29 is 13.2 Å². The highest BCUT2D eigenvalue weighted by atomic mass is 32.2. The van der Waals surface area contributed by atoms with E-state index in [9.17, 15) is 13.2 Å². The van der Waals surface area contributed by atoms with Crippen molar-refractivity contribution in [3.63, 3.8) is 0 Å². The first kappa shape index (κ1) is 22.4. The summed E-state index contributed by atoms with van der Waals surface area (Å²) in [5, 5.41) is 0. The molecule has 4 rings (SSSR count). The van der Waals surface area contributed by atoms with Gasteiger partial charge in [0, 0.05) is 19.4 Å². The third-order valence-corrected chi connectivity index (χ3v) is 6.98. The van der Waals surface area contributed by atoms with Crippen LogP contribution >= 0.6 is 0 Å². The van der Waals surface area contributed by atoms with Gasteiger partial charge in [0.05, 0.1) is 22.8 Å². The molecule has 0 aliphatic carbocycles. The van der Waals surface area contributed by atoms with Crippen LogP contribution in [0.25, 0.3) is 11.0 Å². The van der Waals surface area contributed by atoms with Gasteiger partial charge in [0.25, 0.3) is 15.9 Å². The maximum atomic E-state index is 13.4. The fraction of sp³-hybridized carbons (Fsp3) is 0.160. The second kappa shape index (κ2) is 8.99. The topological polar surface area (TPSA) is 92.3 Å². The molecule has 0 aliphatic heterocycles. The summed E-state index contributed by atoms with van der Waals surface area (Å²) in [5.41, 5.74) is 3.02. The molecule has 1 amide bonds. The second-order valence-electron chi connectivity index (χ2n) is 7.84. The summed E-state index contributed by atoms with van der Waals surface area (Å²) in [6.07, 6.45) is 2.95. The highest BCUT2D eigenvalue weighted by Gasteiger charge is 2.25. The molecule has 33 heavy (non-hydrogen) atoms. The Morgan fingerprint density at radius 1 is 0.970 bits per heavy atom. The molecule has 0 radical (unpaired) electrons. The molecule has 0 aliphatic rings. The van der Waals surface area contributed by atoms with Crippen molar-refractivity contribution in [2.45, 2.75) is 24.8 Å². The SMILES string of the molecule is Cc1ccc(C(=O)N(C)C(C)c2ccccc2)c(NS(=O)(=O)c2cccc3nccnc23)c1. The van der Waals surface area contributed by atoms with Gasteiger partial charge in [0.1, 0.15) is 10.4 Å². The first-order valence-electron chi connectivity index (χ1n) is 10.4. The molecule has 1 N–H and O–H groups in total. The van der Waals surface area contributed by atoms with Gasteiger partial charge < -0.3 is 4.90 Å². The number of nitrogens with one attached hydrogen (secondary N) is 1. The second-order valence-corrected chi connectivity index (χ2v) is 9.49. The van der Waals surface area contributed by atoms with E-state index >= 15 is 0 Å². The number of carbonyl (C=O) groups excluding carboxylic acids is 1. The molecule has 168 valence electrons. The molecule has 0 saturated heterocycles. The van der Waals surface area contributed by atoms with E-state index in [4.69, 9.17) is 0 Å². The van der Waals surface area contributed by atoms with Crippen LogP contribution in [0.15, 0.2) is 84.0 Å². The van der Waals surface area contributed by atoms with Gasteiger partial charge in [-0.25, -0.2) is 8.42 Å². The zero-order valence-corrected chi connectivity index (χ0v) is 19.4. The number of nitrogens with zero attached hydrogens (tertiary/aromatic N) is 3. The summed E-state index contributed by atoms with van der Waals surface area (Å²) in [4.78, 5) is 23.4. The maximum absolute atomic E-state index is 13.4. The fourth-order valence-electron chi connectivity index (χ4n) is 3.63. The molecule has 0 saturated carbocycles. The molecule has 3 aromatic carbocycles. The lowest BCUT2D eigenvalue weighted by molar-refractivity contribution is 0.0743. The van der Waals surface area contributed by atoms with Crippen LogP contribution in [0.4, 0.5) is 5.69 Å². The van der Waals surface area contributed by atoms with E-state index < -0.39 is 10.0 Å². The summed E-state index contributed by atoms with van der Waals surface area (Å²) in [5.74, 6) is -0.290. The number of sulfonamides is 1. The van der Waals surface area contributed by atoms with Crippen LogP contribution in [-0.4, -0.2) is 36.2 Å². The van der Waals surface area contributed by atoms with E-state index in [-0.39, 0.29) is 33.6 Å². The number of benzene rings is 3. The smallest absolute Gasteiger partial charge is 0.264 e. The molecule has 1 atom stereocenters. The first-order valence-corrected chi connectivity index (χ1v) is 11.9. The lowest BCUT2D eigenvalue weighted by Gasteiger charge is -2.26. The van der Waals surface area contributed by atoms with Crippen LogP contribution in [0.1, 0.15) is 34.5 Å². The summed E-state index contributed by atoms with van der Waals surface area (Å²) < 4.78 is 29.3. The summed E-state index contributed by atoms with van der Waals surface area (Å²) >= 11 is 0. The summed E-state index contributed by atoms with van der Waals surface area (Å²) in [6, 6.07) is 19.3. The van der Waals surface area contributed by atoms with E-state index in [0.717, 1.165) is 11.1 Å². The van der Waals surface area contributed by atoms with Gasteiger partial charge in [-0.2, -0.15) is 0 Å². The summed E-state index contributed by atoms with van der Waals surface area (Å²) in [7, 11) is -2.33. The molecular formula is C25H24N4O3S. The van der Waals surface area contributed by atoms with E-state index in [1.807, 2.05) is 44.2 Å². The minimum Gasteiger partial charge on any atom is -0.335 e. The van der Waals surface area contributed by atoms with Crippen LogP contribution in [0, 0.1) is 6.92 Å². The van der Waals surface area contributed by atoms with Crippen LogP contribution in [0.2, 0.25) is 0 Å². The Bertz CT molecular complexity index is 1420. The van der Waals surface area contributed by atoms with Crippen molar-refractivity contribution in [2.75, 3.05) is 11.8 Å². The van der Waals surface area contributed by atoms with Crippen LogP contribution in [0.3, 0.4) is 0 Å². The molecule has 0 fully saturated rings. The van der Waals surface area contributed by atoms with Crippen molar-refractivity contribution >= 4 is 32.7 Å². The normalized spacial score (nSPS) is 12.3. The average Bonchev–Trinajstić information content (AvgIpc) is 2.82. The Kier molecular flexibility index (Phi) is 6.11. The molecule has 4 aromatic rings. The van der Waals surface area contributed by atoms with Gasteiger partial charge in [-0.05, 0) is 49.2 Å².